The van der Waals surface area contributed by atoms with Crippen LogP contribution in [0.25, 0.3) is 10.8 Å². The molecule has 0 aromatic heterocycles. The summed E-state index contributed by atoms with van der Waals surface area (Å²) < 4.78 is 12.9. The molecule has 2 amide bonds. The number of rotatable bonds is 7. The van der Waals surface area contributed by atoms with Crippen LogP contribution < -0.4 is 5.32 Å². The zero-order chi connectivity index (χ0) is 20.8. The Morgan fingerprint density at radius 2 is 1.59 bits per heavy atom. The van der Waals surface area contributed by atoms with Crippen LogP contribution in [0.5, 0.6) is 0 Å². The molecule has 0 aliphatic carbocycles. The van der Waals surface area contributed by atoms with Crippen LogP contribution >= 0.6 is 0 Å². The van der Waals surface area contributed by atoms with Crippen molar-refractivity contribution in [2.24, 2.45) is 0 Å². The van der Waals surface area contributed by atoms with E-state index in [2.05, 4.69) is 5.32 Å². The summed E-state index contributed by atoms with van der Waals surface area (Å²) in [4.78, 5) is 38.0. The standard InChI is InChI=1S/C23H21FN2O3/c1-26(15-22(28)25-20-10-8-19(24)9-11-20)23(29)13-12-21(27)18-7-6-16-4-2-3-5-17(16)14-18/h2-11,14H,12-13,15H2,1H3,(H,25,28). The Balaban J connectivity index is 1.50. The first-order valence-electron chi connectivity index (χ1n) is 9.24. The van der Waals surface area contributed by atoms with Crippen molar-refractivity contribution in [2.75, 3.05) is 18.9 Å². The average Bonchev–Trinajstić information content (AvgIpc) is 2.72. The first-order chi connectivity index (χ1) is 13.9. The first-order valence-corrected chi connectivity index (χ1v) is 9.24. The maximum absolute atomic E-state index is 12.9. The molecule has 5 nitrogen and oxygen atoms in total. The lowest BCUT2D eigenvalue weighted by Gasteiger charge is -2.16. The smallest absolute Gasteiger partial charge is 0.243 e. The molecule has 0 unspecified atom stereocenters. The normalized spacial score (nSPS) is 10.6. The number of carbonyl (C=O) groups is 3. The molecule has 0 aliphatic rings. The number of ketones is 1. The number of nitrogens with one attached hydrogen (secondary N) is 1. The Morgan fingerprint density at radius 3 is 2.31 bits per heavy atom. The van der Waals surface area contributed by atoms with Gasteiger partial charge in [-0.3, -0.25) is 14.4 Å². The molecule has 6 heteroatoms. The quantitative estimate of drug-likeness (QED) is 0.617. The highest BCUT2D eigenvalue weighted by Gasteiger charge is 2.15. The molecule has 0 saturated heterocycles. The Labute approximate surface area is 168 Å². The summed E-state index contributed by atoms with van der Waals surface area (Å²) in [7, 11) is 1.51. The Hall–Kier alpha value is -3.54. The van der Waals surface area contributed by atoms with Crippen LogP contribution in [0.1, 0.15) is 23.2 Å². The van der Waals surface area contributed by atoms with Crippen molar-refractivity contribution in [1.29, 1.82) is 0 Å². The topological polar surface area (TPSA) is 66.5 Å². The molecule has 0 heterocycles. The second-order valence-corrected chi connectivity index (χ2v) is 6.79. The van der Waals surface area contributed by atoms with Gasteiger partial charge in [-0.1, -0.05) is 36.4 Å². The number of benzene rings is 3. The van der Waals surface area contributed by atoms with Gasteiger partial charge in [0.2, 0.25) is 11.8 Å². The van der Waals surface area contributed by atoms with E-state index in [9.17, 15) is 18.8 Å². The molecular formula is C23H21FN2O3. The van der Waals surface area contributed by atoms with Crippen LogP contribution in [0, 0.1) is 5.82 Å². The third-order valence-electron chi connectivity index (χ3n) is 4.57. The zero-order valence-electron chi connectivity index (χ0n) is 16.0. The maximum Gasteiger partial charge on any atom is 0.243 e. The highest BCUT2D eigenvalue weighted by molar-refractivity contribution is 6.01. The van der Waals surface area contributed by atoms with Crippen LogP contribution in [0.3, 0.4) is 0 Å². The molecule has 29 heavy (non-hydrogen) atoms. The van der Waals surface area contributed by atoms with Crippen molar-refractivity contribution < 1.29 is 18.8 Å². The molecule has 0 radical (unpaired) electrons. The fraction of sp³-hybridized carbons (Fsp3) is 0.174. The summed E-state index contributed by atoms with van der Waals surface area (Å²) in [6, 6.07) is 18.6. The maximum atomic E-state index is 12.9. The number of hydrogen-bond acceptors (Lipinski definition) is 3. The third kappa shape index (κ3) is 5.48. The Kier molecular flexibility index (Phi) is 6.34. The van der Waals surface area contributed by atoms with Crippen LogP contribution in [0.4, 0.5) is 10.1 Å². The van der Waals surface area contributed by atoms with E-state index in [1.165, 1.54) is 36.2 Å². The molecule has 0 saturated carbocycles. The number of likely N-dealkylation sites (N-methyl/N-ethyl adjacent to an activating group) is 1. The van der Waals surface area contributed by atoms with Crippen molar-refractivity contribution in [3.63, 3.8) is 0 Å². The van der Waals surface area contributed by atoms with Crippen molar-refractivity contribution in [3.05, 3.63) is 78.1 Å². The summed E-state index contributed by atoms with van der Waals surface area (Å²) in [5.41, 5.74) is 1.01. The van der Waals surface area contributed by atoms with Crippen LogP contribution in [-0.4, -0.2) is 36.1 Å². The third-order valence-corrected chi connectivity index (χ3v) is 4.57. The van der Waals surface area contributed by atoms with E-state index in [0.717, 1.165) is 10.8 Å². The molecular weight excluding hydrogens is 371 g/mol. The van der Waals surface area contributed by atoms with Gasteiger partial charge < -0.3 is 10.2 Å². The fourth-order valence-corrected chi connectivity index (χ4v) is 2.96. The van der Waals surface area contributed by atoms with Gasteiger partial charge in [0.05, 0.1) is 6.54 Å². The van der Waals surface area contributed by atoms with Crippen molar-refractivity contribution in [3.8, 4) is 0 Å². The van der Waals surface area contributed by atoms with Crippen molar-refractivity contribution in [2.45, 2.75) is 12.8 Å². The zero-order valence-corrected chi connectivity index (χ0v) is 16.0. The number of amides is 2. The number of hydrogen-bond donors (Lipinski definition) is 1. The van der Waals surface area contributed by atoms with E-state index < -0.39 is 11.7 Å². The fourth-order valence-electron chi connectivity index (χ4n) is 2.96. The van der Waals surface area contributed by atoms with Gasteiger partial charge in [-0.25, -0.2) is 4.39 Å². The first kappa shape index (κ1) is 20.2. The number of Topliss-reactive ketones (excluding diaryl/α,β-unsaturated/α-hetero) is 1. The summed E-state index contributed by atoms with van der Waals surface area (Å²) in [6.45, 7) is -0.152. The molecule has 0 fully saturated rings. The molecule has 3 aromatic rings. The average molecular weight is 392 g/mol. The highest BCUT2D eigenvalue weighted by atomic mass is 19.1. The number of nitrogens with zero attached hydrogens (tertiary/aromatic N) is 1. The molecule has 0 atom stereocenters. The number of anilines is 1. The minimum atomic E-state index is -0.397. The van der Waals surface area contributed by atoms with Crippen molar-refractivity contribution in [1.82, 2.24) is 4.90 Å². The molecule has 1 N–H and O–H groups in total. The van der Waals surface area contributed by atoms with Crippen LogP contribution in [-0.2, 0) is 9.59 Å². The van der Waals surface area contributed by atoms with E-state index in [0.29, 0.717) is 11.3 Å². The van der Waals surface area contributed by atoms with Gasteiger partial charge >= 0.3 is 0 Å². The summed E-state index contributed by atoms with van der Waals surface area (Å²) in [6.07, 6.45) is 0.0904. The van der Waals surface area contributed by atoms with E-state index in [-0.39, 0.29) is 31.1 Å². The van der Waals surface area contributed by atoms with Crippen molar-refractivity contribution >= 4 is 34.1 Å². The molecule has 148 valence electrons. The lowest BCUT2D eigenvalue weighted by molar-refractivity contribution is -0.133. The second-order valence-electron chi connectivity index (χ2n) is 6.79. The minimum absolute atomic E-state index is 0.0198. The molecule has 0 aliphatic heterocycles. The van der Waals surface area contributed by atoms with Gasteiger partial charge in [0.15, 0.2) is 5.78 Å². The lowest BCUT2D eigenvalue weighted by atomic mass is 10.0. The van der Waals surface area contributed by atoms with Gasteiger partial charge in [0.1, 0.15) is 5.82 Å². The molecule has 3 aromatic carbocycles. The monoisotopic (exact) mass is 392 g/mol. The van der Waals surface area contributed by atoms with Crippen LogP contribution in [0.2, 0.25) is 0 Å². The van der Waals surface area contributed by atoms with Gasteiger partial charge in [0, 0.05) is 31.1 Å². The Bertz CT molecular complexity index is 1050. The summed E-state index contributed by atoms with van der Waals surface area (Å²) in [5, 5.41) is 4.62. The van der Waals surface area contributed by atoms with Gasteiger partial charge in [-0.05, 0) is 41.1 Å². The lowest BCUT2D eigenvalue weighted by Crippen LogP contribution is -2.35. The second kappa shape index (κ2) is 9.10. The van der Waals surface area contributed by atoms with E-state index in [4.69, 9.17) is 0 Å². The molecule has 3 rings (SSSR count). The largest absolute Gasteiger partial charge is 0.336 e. The van der Waals surface area contributed by atoms with E-state index >= 15 is 0 Å². The number of halogens is 1. The summed E-state index contributed by atoms with van der Waals surface area (Å²) in [5.74, 6) is -1.21. The minimum Gasteiger partial charge on any atom is -0.336 e. The SMILES string of the molecule is CN(CC(=O)Nc1ccc(F)cc1)C(=O)CCC(=O)c1ccc2ccccc2c1. The predicted octanol–water partition coefficient (Wildman–Crippen LogP) is 4.04. The van der Waals surface area contributed by atoms with Gasteiger partial charge in [0.25, 0.3) is 0 Å². The van der Waals surface area contributed by atoms with Crippen LogP contribution in [0.15, 0.2) is 66.7 Å². The van der Waals surface area contributed by atoms with Gasteiger partial charge in [-0.2, -0.15) is 0 Å². The van der Waals surface area contributed by atoms with Gasteiger partial charge in [-0.15, -0.1) is 0 Å². The highest BCUT2D eigenvalue weighted by Crippen LogP contribution is 2.17. The molecule has 0 bridgehead atoms. The summed E-state index contributed by atoms with van der Waals surface area (Å²) >= 11 is 0. The predicted molar refractivity (Wildman–Crippen MR) is 110 cm³/mol. The van der Waals surface area contributed by atoms with E-state index in [1.54, 1.807) is 6.07 Å². The van der Waals surface area contributed by atoms with E-state index in [1.807, 2.05) is 36.4 Å². The Morgan fingerprint density at radius 1 is 0.897 bits per heavy atom. The molecule has 0 spiro atoms. The number of carbonyl (C=O) groups excluding carboxylic acids is 3. The number of fused-ring (bicyclic) bond motifs is 1.